The molecule has 4 heteroatoms. The topological polar surface area (TPSA) is 55.4 Å². The maximum atomic E-state index is 11.8. The van der Waals surface area contributed by atoms with Crippen molar-refractivity contribution in [2.24, 2.45) is 5.92 Å². The second-order valence-electron chi connectivity index (χ2n) is 6.10. The van der Waals surface area contributed by atoms with E-state index >= 15 is 0 Å². The van der Waals surface area contributed by atoms with E-state index in [9.17, 15) is 9.59 Å². The molecule has 0 fully saturated rings. The summed E-state index contributed by atoms with van der Waals surface area (Å²) in [6.07, 6.45) is 7.11. The summed E-state index contributed by atoms with van der Waals surface area (Å²) in [5, 5.41) is 2.86. The molecule has 108 valence electrons. The average Bonchev–Trinajstić information content (AvgIpc) is 2.18. The first-order valence-electron chi connectivity index (χ1n) is 6.94. The molecule has 0 aromatic heterocycles. The molecule has 0 saturated heterocycles. The summed E-state index contributed by atoms with van der Waals surface area (Å²) in [4.78, 5) is 23.6. The number of carbonyl (C=O) groups excluding carboxylic acids is 2. The lowest BCUT2D eigenvalue weighted by Gasteiger charge is -2.28. The molecule has 2 atom stereocenters. The Hall–Kier alpha value is -1.32. The quantitative estimate of drug-likeness (QED) is 0.782. The van der Waals surface area contributed by atoms with E-state index in [4.69, 9.17) is 4.74 Å². The van der Waals surface area contributed by atoms with E-state index in [0.717, 1.165) is 25.7 Å². The minimum atomic E-state index is -0.517. The number of amides is 1. The summed E-state index contributed by atoms with van der Waals surface area (Å²) in [5.41, 5.74) is -0.517. The van der Waals surface area contributed by atoms with Crippen LogP contribution in [0.5, 0.6) is 0 Å². The number of nitrogens with one attached hydrogen (secondary N) is 1. The van der Waals surface area contributed by atoms with Gasteiger partial charge in [-0.3, -0.25) is 4.79 Å². The van der Waals surface area contributed by atoms with E-state index < -0.39 is 11.7 Å². The molecule has 1 aliphatic rings. The highest BCUT2D eigenvalue weighted by Crippen LogP contribution is 2.21. The molecule has 0 saturated carbocycles. The Bertz CT molecular complexity index is 355. The van der Waals surface area contributed by atoms with Crippen molar-refractivity contribution in [1.82, 2.24) is 5.32 Å². The van der Waals surface area contributed by atoms with E-state index in [1.54, 1.807) is 6.92 Å². The third kappa shape index (κ3) is 5.90. The Labute approximate surface area is 115 Å². The van der Waals surface area contributed by atoms with Crippen LogP contribution in [0.25, 0.3) is 0 Å². The van der Waals surface area contributed by atoms with Gasteiger partial charge in [-0.05, 0) is 53.4 Å². The molecule has 0 heterocycles. The van der Waals surface area contributed by atoms with E-state index in [1.807, 2.05) is 20.8 Å². The van der Waals surface area contributed by atoms with E-state index in [2.05, 4.69) is 17.5 Å². The molecule has 1 aliphatic carbocycles. The third-order valence-electron chi connectivity index (χ3n) is 3.17. The molecule has 1 amide bonds. The van der Waals surface area contributed by atoms with Crippen molar-refractivity contribution in [2.45, 2.75) is 65.0 Å². The second-order valence-corrected chi connectivity index (χ2v) is 6.10. The van der Waals surface area contributed by atoms with Gasteiger partial charge in [-0.25, -0.2) is 4.79 Å². The molecule has 0 aromatic carbocycles. The molecule has 0 aliphatic heterocycles. The zero-order chi connectivity index (χ0) is 14.5. The number of carbonyl (C=O) groups is 2. The summed E-state index contributed by atoms with van der Waals surface area (Å²) < 4.78 is 5.26. The number of hydrogen-bond donors (Lipinski definition) is 1. The number of allylic oxidation sites excluding steroid dienone is 2. The van der Waals surface area contributed by atoms with Gasteiger partial charge in [0.25, 0.3) is 0 Å². The number of ketones is 1. The minimum absolute atomic E-state index is 0.113. The normalized spacial score (nSPS) is 25.9. The highest BCUT2D eigenvalue weighted by Gasteiger charge is 2.28. The van der Waals surface area contributed by atoms with Crippen molar-refractivity contribution in [2.75, 3.05) is 0 Å². The first-order chi connectivity index (χ1) is 8.79. The highest BCUT2D eigenvalue weighted by molar-refractivity contribution is 5.80. The fraction of sp³-hybridized carbons (Fsp3) is 0.733. The van der Waals surface area contributed by atoms with Gasteiger partial charge in [0.1, 0.15) is 11.4 Å². The van der Waals surface area contributed by atoms with Crippen LogP contribution >= 0.6 is 0 Å². The van der Waals surface area contributed by atoms with Crippen LogP contribution in [0, 0.1) is 5.92 Å². The summed E-state index contributed by atoms with van der Waals surface area (Å²) in [6, 6.07) is -0.128. The van der Waals surface area contributed by atoms with Gasteiger partial charge in [0.05, 0.1) is 0 Å². The molecular formula is C15H25NO3. The summed E-state index contributed by atoms with van der Waals surface area (Å²) >= 11 is 0. The molecule has 1 rings (SSSR count). The monoisotopic (exact) mass is 267 g/mol. The molecule has 0 aromatic rings. The molecular weight excluding hydrogens is 242 g/mol. The van der Waals surface area contributed by atoms with Crippen LogP contribution in [-0.4, -0.2) is 23.5 Å². The van der Waals surface area contributed by atoms with Gasteiger partial charge in [-0.2, -0.15) is 0 Å². The molecule has 4 nitrogen and oxygen atoms in total. The van der Waals surface area contributed by atoms with Gasteiger partial charge >= 0.3 is 6.09 Å². The van der Waals surface area contributed by atoms with Gasteiger partial charge in [0.15, 0.2) is 0 Å². The Morgan fingerprint density at radius 2 is 1.74 bits per heavy atom. The lowest BCUT2D eigenvalue weighted by Crippen LogP contribution is -2.45. The van der Waals surface area contributed by atoms with Crippen molar-refractivity contribution in [3.05, 3.63) is 12.2 Å². The molecule has 0 spiro atoms. The number of ether oxygens (including phenoxy) is 1. The zero-order valence-corrected chi connectivity index (χ0v) is 12.4. The van der Waals surface area contributed by atoms with Crippen LogP contribution in [0.2, 0.25) is 0 Å². The van der Waals surface area contributed by atoms with Crippen molar-refractivity contribution in [3.8, 4) is 0 Å². The summed E-state index contributed by atoms with van der Waals surface area (Å²) in [5.74, 6) is 0.0221. The van der Waals surface area contributed by atoms with Crippen LogP contribution in [0.4, 0.5) is 4.79 Å². The highest BCUT2D eigenvalue weighted by atomic mass is 16.6. The van der Waals surface area contributed by atoms with E-state index in [-0.39, 0.29) is 17.7 Å². The number of rotatable bonds is 2. The predicted octanol–water partition coefficient (Wildman–Crippen LogP) is 3.22. The second kappa shape index (κ2) is 6.73. The lowest BCUT2D eigenvalue weighted by atomic mass is 9.86. The van der Waals surface area contributed by atoms with Gasteiger partial charge in [-0.15, -0.1) is 0 Å². The van der Waals surface area contributed by atoms with Crippen molar-refractivity contribution in [1.29, 1.82) is 0 Å². The molecule has 19 heavy (non-hydrogen) atoms. The SMILES string of the molecule is CC(=O)C1CC/C=C\CCC1NC(=O)OC(C)(C)C. The molecule has 1 N–H and O–H groups in total. The minimum Gasteiger partial charge on any atom is -0.444 e. The molecule has 2 unspecified atom stereocenters. The fourth-order valence-corrected chi connectivity index (χ4v) is 2.31. The van der Waals surface area contributed by atoms with Crippen LogP contribution in [0.15, 0.2) is 12.2 Å². The van der Waals surface area contributed by atoms with Gasteiger partial charge in [0, 0.05) is 12.0 Å². The first-order valence-corrected chi connectivity index (χ1v) is 6.94. The van der Waals surface area contributed by atoms with Crippen molar-refractivity contribution in [3.63, 3.8) is 0 Å². The summed E-state index contributed by atoms with van der Waals surface area (Å²) in [7, 11) is 0. The third-order valence-corrected chi connectivity index (χ3v) is 3.17. The van der Waals surface area contributed by atoms with Gasteiger partial charge < -0.3 is 10.1 Å². The predicted molar refractivity (Wildman–Crippen MR) is 74.9 cm³/mol. The molecule has 0 radical (unpaired) electrons. The average molecular weight is 267 g/mol. The van der Waals surface area contributed by atoms with Crippen LogP contribution in [0.3, 0.4) is 0 Å². The largest absolute Gasteiger partial charge is 0.444 e. The first kappa shape index (κ1) is 15.7. The van der Waals surface area contributed by atoms with Crippen LogP contribution < -0.4 is 5.32 Å². The van der Waals surface area contributed by atoms with Crippen LogP contribution in [0.1, 0.15) is 53.4 Å². The maximum Gasteiger partial charge on any atom is 0.407 e. The molecule has 0 bridgehead atoms. The lowest BCUT2D eigenvalue weighted by molar-refractivity contribution is -0.121. The smallest absolute Gasteiger partial charge is 0.407 e. The van der Waals surface area contributed by atoms with Crippen molar-refractivity contribution < 1.29 is 14.3 Å². The van der Waals surface area contributed by atoms with E-state index in [1.165, 1.54) is 0 Å². The Morgan fingerprint density at radius 1 is 1.16 bits per heavy atom. The Kier molecular flexibility index (Phi) is 5.58. The maximum absolute atomic E-state index is 11.8. The standard InChI is InChI=1S/C15H25NO3/c1-11(17)12-9-7-5-6-8-10-13(12)16-14(18)19-15(2,3)4/h5-6,12-13H,7-10H2,1-4H3,(H,16,18)/b6-5-. The van der Waals surface area contributed by atoms with Gasteiger partial charge in [-0.1, -0.05) is 12.2 Å². The number of Topliss-reactive ketones (excluding diaryl/α,β-unsaturated/α-hetero) is 1. The van der Waals surface area contributed by atoms with E-state index in [0.29, 0.717) is 0 Å². The van der Waals surface area contributed by atoms with Crippen LogP contribution in [-0.2, 0) is 9.53 Å². The number of alkyl carbamates (subject to hydrolysis) is 1. The zero-order valence-electron chi connectivity index (χ0n) is 12.4. The summed E-state index contributed by atoms with van der Waals surface area (Å²) in [6.45, 7) is 7.08. The number of hydrogen-bond acceptors (Lipinski definition) is 3. The van der Waals surface area contributed by atoms with Gasteiger partial charge in [0.2, 0.25) is 0 Å². The van der Waals surface area contributed by atoms with Crippen molar-refractivity contribution >= 4 is 11.9 Å². The fourth-order valence-electron chi connectivity index (χ4n) is 2.31. The Balaban J connectivity index is 2.67. The Morgan fingerprint density at radius 3 is 2.26 bits per heavy atom.